The quantitative estimate of drug-likeness (QED) is 0.742. The molecule has 0 saturated heterocycles. The third-order valence-electron chi connectivity index (χ3n) is 4.06. The van der Waals surface area contributed by atoms with Crippen LogP contribution < -0.4 is 5.32 Å². The highest BCUT2D eigenvalue weighted by atomic mass is 79.9. The van der Waals surface area contributed by atoms with Gasteiger partial charge in [-0.15, -0.1) is 0 Å². The molecule has 0 aliphatic heterocycles. The van der Waals surface area contributed by atoms with Crippen LogP contribution in [0.3, 0.4) is 0 Å². The van der Waals surface area contributed by atoms with Gasteiger partial charge >= 0.3 is 0 Å². The highest BCUT2D eigenvalue weighted by molar-refractivity contribution is 9.10. The summed E-state index contributed by atoms with van der Waals surface area (Å²) >= 11 is 3.51. The van der Waals surface area contributed by atoms with E-state index in [1.165, 1.54) is 11.1 Å². The van der Waals surface area contributed by atoms with Gasteiger partial charge in [0.05, 0.1) is 11.4 Å². The number of nitrogens with one attached hydrogen (secondary N) is 1. The van der Waals surface area contributed by atoms with E-state index in [0.717, 1.165) is 21.5 Å². The number of benzene rings is 1. The SMILES string of the molecule is Cc1ccccc1C(Nc1ncnc2c1c(Br)nn2C)C(C)C. The number of fused-ring (bicyclic) bond motifs is 1. The average molecular weight is 374 g/mol. The van der Waals surface area contributed by atoms with Gasteiger partial charge in [-0.2, -0.15) is 5.10 Å². The summed E-state index contributed by atoms with van der Waals surface area (Å²) in [6.45, 7) is 6.56. The molecule has 0 bridgehead atoms. The smallest absolute Gasteiger partial charge is 0.164 e. The third kappa shape index (κ3) is 2.95. The molecule has 1 unspecified atom stereocenters. The fraction of sp³-hybridized carbons (Fsp3) is 0.353. The minimum Gasteiger partial charge on any atom is -0.362 e. The number of aromatic nitrogens is 4. The number of rotatable bonds is 4. The maximum absolute atomic E-state index is 4.45. The van der Waals surface area contributed by atoms with E-state index in [1.54, 1.807) is 11.0 Å². The molecule has 0 saturated carbocycles. The predicted octanol–water partition coefficient (Wildman–Crippen LogP) is 4.24. The van der Waals surface area contributed by atoms with Crippen LogP contribution in [0.1, 0.15) is 31.0 Å². The van der Waals surface area contributed by atoms with E-state index < -0.39 is 0 Å². The van der Waals surface area contributed by atoms with Crippen LogP contribution in [-0.2, 0) is 7.05 Å². The summed E-state index contributed by atoms with van der Waals surface area (Å²) in [4.78, 5) is 8.78. The summed E-state index contributed by atoms with van der Waals surface area (Å²) in [5.41, 5.74) is 3.37. The number of halogens is 1. The van der Waals surface area contributed by atoms with Crippen LogP contribution in [0, 0.1) is 12.8 Å². The Morgan fingerprint density at radius 1 is 1.17 bits per heavy atom. The van der Waals surface area contributed by atoms with Crippen molar-refractivity contribution in [2.45, 2.75) is 26.8 Å². The fourth-order valence-corrected chi connectivity index (χ4v) is 3.44. The Bertz CT molecular complexity index is 840. The summed E-state index contributed by atoms with van der Waals surface area (Å²) in [6, 6.07) is 8.62. The zero-order valence-electron chi connectivity index (χ0n) is 13.7. The molecule has 0 amide bonds. The zero-order chi connectivity index (χ0) is 16.6. The highest BCUT2D eigenvalue weighted by Crippen LogP contribution is 2.33. The number of hydrogen-bond acceptors (Lipinski definition) is 4. The summed E-state index contributed by atoms with van der Waals surface area (Å²) in [5.74, 6) is 1.22. The molecule has 0 radical (unpaired) electrons. The van der Waals surface area contributed by atoms with E-state index in [-0.39, 0.29) is 6.04 Å². The Hall–Kier alpha value is -1.95. The van der Waals surface area contributed by atoms with E-state index in [2.05, 4.69) is 81.4 Å². The Labute approximate surface area is 144 Å². The first kappa shape index (κ1) is 15.9. The van der Waals surface area contributed by atoms with Crippen LogP contribution in [0.25, 0.3) is 11.0 Å². The van der Waals surface area contributed by atoms with E-state index in [1.807, 2.05) is 7.05 Å². The first-order valence-corrected chi connectivity index (χ1v) is 8.43. The topological polar surface area (TPSA) is 55.6 Å². The number of nitrogens with zero attached hydrogens (tertiary/aromatic N) is 4. The van der Waals surface area contributed by atoms with Crippen molar-refractivity contribution in [2.24, 2.45) is 13.0 Å². The van der Waals surface area contributed by atoms with E-state index in [9.17, 15) is 0 Å². The van der Waals surface area contributed by atoms with Crippen LogP contribution in [-0.4, -0.2) is 19.7 Å². The summed E-state index contributed by atoms with van der Waals surface area (Å²) in [7, 11) is 1.88. The third-order valence-corrected chi connectivity index (χ3v) is 4.62. The molecule has 6 heteroatoms. The van der Waals surface area contributed by atoms with E-state index in [4.69, 9.17) is 0 Å². The number of aryl methyl sites for hydroxylation is 2. The predicted molar refractivity (Wildman–Crippen MR) is 96.4 cm³/mol. The second-order valence-electron chi connectivity index (χ2n) is 6.06. The van der Waals surface area contributed by atoms with Gasteiger partial charge in [-0.1, -0.05) is 38.1 Å². The summed E-state index contributed by atoms with van der Waals surface area (Å²) in [5, 5.41) is 8.89. The monoisotopic (exact) mass is 373 g/mol. The second kappa shape index (κ2) is 6.28. The van der Waals surface area contributed by atoms with Crippen molar-refractivity contribution >= 4 is 32.8 Å². The molecule has 0 spiro atoms. The van der Waals surface area contributed by atoms with Crippen molar-refractivity contribution in [3.63, 3.8) is 0 Å². The molecule has 1 aromatic carbocycles. The van der Waals surface area contributed by atoms with Crippen molar-refractivity contribution < 1.29 is 0 Å². The molecule has 1 N–H and O–H groups in total. The molecule has 23 heavy (non-hydrogen) atoms. The van der Waals surface area contributed by atoms with Crippen molar-refractivity contribution in [2.75, 3.05) is 5.32 Å². The van der Waals surface area contributed by atoms with Crippen molar-refractivity contribution in [1.82, 2.24) is 19.7 Å². The Morgan fingerprint density at radius 3 is 2.61 bits per heavy atom. The van der Waals surface area contributed by atoms with Gasteiger partial charge in [-0.25, -0.2) is 14.6 Å². The largest absolute Gasteiger partial charge is 0.362 e. The lowest BCUT2D eigenvalue weighted by atomic mass is 9.92. The lowest BCUT2D eigenvalue weighted by Crippen LogP contribution is -2.18. The molecule has 120 valence electrons. The molecular weight excluding hydrogens is 354 g/mol. The minimum absolute atomic E-state index is 0.168. The first-order chi connectivity index (χ1) is 11.0. The van der Waals surface area contributed by atoms with Gasteiger partial charge in [-0.3, -0.25) is 0 Å². The van der Waals surface area contributed by atoms with Crippen LogP contribution in [0.5, 0.6) is 0 Å². The Balaban J connectivity index is 2.07. The molecule has 3 aromatic rings. The lowest BCUT2D eigenvalue weighted by Gasteiger charge is -2.25. The van der Waals surface area contributed by atoms with Crippen LogP contribution >= 0.6 is 15.9 Å². The standard InChI is InChI=1S/C17H20BrN5/c1-10(2)14(12-8-6-5-7-11(12)3)21-16-13-15(18)22-23(4)17(13)20-9-19-16/h5-10,14H,1-4H3,(H,19,20,21). The average Bonchev–Trinajstić information content (AvgIpc) is 2.81. The van der Waals surface area contributed by atoms with Crippen molar-refractivity contribution in [3.8, 4) is 0 Å². The van der Waals surface area contributed by atoms with Gasteiger partial charge in [0.15, 0.2) is 5.65 Å². The molecule has 2 heterocycles. The summed E-state index contributed by atoms with van der Waals surface area (Å²) < 4.78 is 2.51. The number of anilines is 1. The van der Waals surface area contributed by atoms with E-state index >= 15 is 0 Å². The molecular formula is C17H20BrN5. The maximum atomic E-state index is 4.45. The maximum Gasteiger partial charge on any atom is 0.164 e. The van der Waals surface area contributed by atoms with Crippen LogP contribution in [0.4, 0.5) is 5.82 Å². The zero-order valence-corrected chi connectivity index (χ0v) is 15.3. The van der Waals surface area contributed by atoms with Gasteiger partial charge < -0.3 is 5.32 Å². The molecule has 0 fully saturated rings. The fourth-order valence-electron chi connectivity index (χ4n) is 2.84. The van der Waals surface area contributed by atoms with Crippen LogP contribution in [0.15, 0.2) is 35.2 Å². The van der Waals surface area contributed by atoms with E-state index in [0.29, 0.717) is 5.92 Å². The molecule has 1 atom stereocenters. The molecule has 5 nitrogen and oxygen atoms in total. The van der Waals surface area contributed by atoms with Crippen molar-refractivity contribution in [3.05, 3.63) is 46.3 Å². The van der Waals surface area contributed by atoms with Gasteiger partial charge in [0.1, 0.15) is 16.7 Å². The lowest BCUT2D eigenvalue weighted by molar-refractivity contribution is 0.543. The van der Waals surface area contributed by atoms with Crippen LogP contribution in [0.2, 0.25) is 0 Å². The van der Waals surface area contributed by atoms with Gasteiger partial charge in [-0.05, 0) is 39.9 Å². The minimum atomic E-state index is 0.168. The Kier molecular flexibility index (Phi) is 4.35. The van der Waals surface area contributed by atoms with Gasteiger partial charge in [0, 0.05) is 7.05 Å². The molecule has 2 aromatic heterocycles. The second-order valence-corrected chi connectivity index (χ2v) is 6.81. The Morgan fingerprint density at radius 2 is 1.91 bits per heavy atom. The summed E-state index contributed by atoms with van der Waals surface area (Å²) in [6.07, 6.45) is 1.58. The normalized spacial score (nSPS) is 12.8. The molecule has 0 aliphatic rings. The van der Waals surface area contributed by atoms with Gasteiger partial charge in [0.25, 0.3) is 0 Å². The van der Waals surface area contributed by atoms with Crippen molar-refractivity contribution in [1.29, 1.82) is 0 Å². The van der Waals surface area contributed by atoms with Gasteiger partial charge in [0.2, 0.25) is 0 Å². The first-order valence-electron chi connectivity index (χ1n) is 7.64. The number of hydrogen-bond donors (Lipinski definition) is 1. The molecule has 3 rings (SSSR count). The molecule has 0 aliphatic carbocycles. The highest BCUT2D eigenvalue weighted by Gasteiger charge is 2.21.